The average Bonchev–Trinajstić information content (AvgIpc) is 3.23. The fraction of sp³-hybridized carbons (Fsp3) is 0.588. The van der Waals surface area contributed by atoms with E-state index in [9.17, 15) is 4.79 Å². The Hall–Kier alpha value is -1.10. The lowest BCUT2D eigenvalue weighted by atomic mass is 9.92. The van der Waals surface area contributed by atoms with Crippen molar-refractivity contribution in [2.75, 3.05) is 26.7 Å². The highest BCUT2D eigenvalue weighted by atomic mass is 35.5. The van der Waals surface area contributed by atoms with Crippen LogP contribution in [0.2, 0.25) is 5.02 Å². The molecule has 1 heterocycles. The van der Waals surface area contributed by atoms with Gasteiger partial charge in [-0.25, -0.2) is 0 Å². The lowest BCUT2D eigenvalue weighted by Crippen LogP contribution is -2.35. The van der Waals surface area contributed by atoms with E-state index in [1.165, 1.54) is 0 Å². The van der Waals surface area contributed by atoms with Gasteiger partial charge in [-0.3, -0.25) is 4.79 Å². The van der Waals surface area contributed by atoms with Gasteiger partial charge in [0.2, 0.25) is 5.91 Å². The van der Waals surface area contributed by atoms with Gasteiger partial charge in [0.05, 0.1) is 6.10 Å². The number of benzene rings is 1. The quantitative estimate of drug-likeness (QED) is 0.876. The Labute approximate surface area is 136 Å². The second-order valence-electron chi connectivity index (χ2n) is 6.39. The third-order valence-electron chi connectivity index (χ3n) is 5.09. The molecule has 2 fully saturated rings. The van der Waals surface area contributed by atoms with Crippen molar-refractivity contribution in [3.05, 3.63) is 34.9 Å². The summed E-state index contributed by atoms with van der Waals surface area (Å²) in [5, 5.41) is 7.13. The fourth-order valence-electron chi connectivity index (χ4n) is 3.53. The van der Waals surface area contributed by atoms with E-state index in [1.54, 1.807) is 7.11 Å². The van der Waals surface area contributed by atoms with Crippen LogP contribution in [0.5, 0.6) is 0 Å². The zero-order valence-electron chi connectivity index (χ0n) is 12.9. The summed E-state index contributed by atoms with van der Waals surface area (Å²) < 4.78 is 5.50. The Kier molecular flexibility index (Phi) is 4.71. The molecule has 3 rings (SSSR count). The highest BCUT2D eigenvalue weighted by molar-refractivity contribution is 6.30. The first-order chi connectivity index (χ1) is 10.6. The van der Waals surface area contributed by atoms with Crippen LogP contribution in [0.4, 0.5) is 0 Å². The number of nitrogens with one attached hydrogen (secondary N) is 2. The number of rotatable bonds is 5. The predicted molar refractivity (Wildman–Crippen MR) is 86.9 cm³/mol. The number of hydrogen-bond acceptors (Lipinski definition) is 3. The number of carbonyl (C=O) groups excluding carboxylic acids is 1. The van der Waals surface area contributed by atoms with Crippen LogP contribution in [-0.2, 0) is 9.53 Å². The zero-order valence-corrected chi connectivity index (χ0v) is 13.7. The van der Waals surface area contributed by atoms with Crippen LogP contribution in [0.3, 0.4) is 0 Å². The Morgan fingerprint density at radius 2 is 2.09 bits per heavy atom. The molecule has 2 atom stereocenters. The molecule has 1 spiro atoms. The van der Waals surface area contributed by atoms with E-state index < -0.39 is 0 Å². The van der Waals surface area contributed by atoms with Crippen LogP contribution < -0.4 is 10.6 Å². The molecule has 120 valence electrons. The van der Waals surface area contributed by atoms with Gasteiger partial charge < -0.3 is 15.4 Å². The molecule has 1 aromatic carbocycles. The van der Waals surface area contributed by atoms with Crippen molar-refractivity contribution in [3.63, 3.8) is 0 Å². The first-order valence-electron chi connectivity index (χ1n) is 7.91. The molecule has 4 nitrogen and oxygen atoms in total. The molecule has 1 aliphatic carbocycles. The highest BCUT2D eigenvalue weighted by Crippen LogP contribution is 2.58. The maximum Gasteiger partial charge on any atom is 0.223 e. The van der Waals surface area contributed by atoms with E-state index in [1.807, 2.05) is 24.3 Å². The summed E-state index contributed by atoms with van der Waals surface area (Å²) in [5.74, 6) is 0.371. The van der Waals surface area contributed by atoms with E-state index in [4.69, 9.17) is 16.3 Å². The standard InChI is InChI=1S/C17H23ClN2O2/c1-22-15(12-2-4-13(18)5-3-12)11-20-16(21)14-10-17(14)6-8-19-9-7-17/h2-5,14-15,19H,6-11H2,1H3,(H,20,21). The minimum absolute atomic E-state index is 0.135. The molecule has 22 heavy (non-hydrogen) atoms. The lowest BCUT2D eigenvalue weighted by Gasteiger charge is -2.23. The Morgan fingerprint density at radius 3 is 2.73 bits per heavy atom. The summed E-state index contributed by atoms with van der Waals surface area (Å²) >= 11 is 5.90. The second kappa shape index (κ2) is 6.57. The topological polar surface area (TPSA) is 50.4 Å². The summed E-state index contributed by atoms with van der Waals surface area (Å²) in [7, 11) is 1.66. The molecular formula is C17H23ClN2O2. The van der Waals surface area contributed by atoms with Gasteiger partial charge in [0.25, 0.3) is 0 Å². The van der Waals surface area contributed by atoms with Crippen LogP contribution in [0.1, 0.15) is 30.9 Å². The maximum atomic E-state index is 12.4. The molecule has 1 saturated carbocycles. The van der Waals surface area contributed by atoms with E-state index in [0.29, 0.717) is 11.6 Å². The van der Waals surface area contributed by atoms with Crippen molar-refractivity contribution in [1.82, 2.24) is 10.6 Å². The Bertz CT molecular complexity index is 526. The molecular weight excluding hydrogens is 300 g/mol. The van der Waals surface area contributed by atoms with Crippen molar-refractivity contribution in [3.8, 4) is 0 Å². The number of hydrogen-bond donors (Lipinski definition) is 2. The maximum absolute atomic E-state index is 12.4. The zero-order chi connectivity index (χ0) is 15.6. The highest BCUT2D eigenvalue weighted by Gasteiger charge is 2.57. The van der Waals surface area contributed by atoms with Crippen LogP contribution in [0.25, 0.3) is 0 Å². The van der Waals surface area contributed by atoms with Crippen molar-refractivity contribution < 1.29 is 9.53 Å². The molecule has 2 N–H and O–H groups in total. The summed E-state index contributed by atoms with van der Waals surface area (Å²) in [6.07, 6.45) is 3.15. The summed E-state index contributed by atoms with van der Waals surface area (Å²) in [5.41, 5.74) is 1.30. The van der Waals surface area contributed by atoms with Gasteiger partial charge in [-0.15, -0.1) is 0 Å². The first kappa shape index (κ1) is 15.8. The second-order valence-corrected chi connectivity index (χ2v) is 6.83. The number of amides is 1. The van der Waals surface area contributed by atoms with Crippen molar-refractivity contribution in [2.45, 2.75) is 25.4 Å². The van der Waals surface area contributed by atoms with Crippen LogP contribution >= 0.6 is 11.6 Å². The van der Waals surface area contributed by atoms with Gasteiger partial charge in [-0.2, -0.15) is 0 Å². The summed E-state index contributed by atoms with van der Waals surface area (Å²) in [6.45, 7) is 2.58. The van der Waals surface area contributed by atoms with Gasteiger partial charge in [0.1, 0.15) is 0 Å². The fourth-order valence-corrected chi connectivity index (χ4v) is 3.65. The number of ether oxygens (including phenoxy) is 1. The lowest BCUT2D eigenvalue weighted by molar-refractivity contribution is -0.123. The minimum atomic E-state index is -0.135. The van der Waals surface area contributed by atoms with E-state index in [2.05, 4.69) is 10.6 Å². The van der Waals surface area contributed by atoms with Gasteiger partial charge in [0.15, 0.2) is 0 Å². The molecule has 2 unspecified atom stereocenters. The van der Waals surface area contributed by atoms with Crippen molar-refractivity contribution in [2.24, 2.45) is 11.3 Å². The largest absolute Gasteiger partial charge is 0.375 e. The smallest absolute Gasteiger partial charge is 0.223 e. The molecule has 0 bridgehead atoms. The molecule has 1 amide bonds. The number of carbonyl (C=O) groups is 1. The first-order valence-corrected chi connectivity index (χ1v) is 8.29. The van der Waals surface area contributed by atoms with Crippen LogP contribution in [0.15, 0.2) is 24.3 Å². The number of piperidine rings is 1. The molecule has 1 aromatic rings. The van der Waals surface area contributed by atoms with Crippen LogP contribution in [-0.4, -0.2) is 32.7 Å². The molecule has 5 heteroatoms. The molecule has 0 radical (unpaired) electrons. The summed E-state index contributed by atoms with van der Waals surface area (Å²) in [6, 6.07) is 7.56. The third kappa shape index (κ3) is 3.29. The van der Waals surface area contributed by atoms with E-state index in [-0.39, 0.29) is 23.3 Å². The third-order valence-corrected chi connectivity index (χ3v) is 5.35. The van der Waals surface area contributed by atoms with Crippen molar-refractivity contribution in [1.29, 1.82) is 0 Å². The minimum Gasteiger partial charge on any atom is -0.375 e. The summed E-state index contributed by atoms with van der Waals surface area (Å²) in [4.78, 5) is 12.4. The van der Waals surface area contributed by atoms with Crippen LogP contribution in [0, 0.1) is 11.3 Å². The Balaban J connectivity index is 1.53. The van der Waals surface area contributed by atoms with E-state index in [0.717, 1.165) is 37.9 Å². The Morgan fingerprint density at radius 1 is 1.41 bits per heavy atom. The van der Waals surface area contributed by atoms with Gasteiger partial charge in [-0.05, 0) is 55.5 Å². The number of halogens is 1. The SMILES string of the molecule is COC(CNC(=O)C1CC12CCNCC2)c1ccc(Cl)cc1. The molecule has 1 saturated heterocycles. The molecule has 1 aliphatic heterocycles. The monoisotopic (exact) mass is 322 g/mol. The van der Waals surface area contributed by atoms with Gasteiger partial charge in [-0.1, -0.05) is 23.7 Å². The molecule has 2 aliphatic rings. The van der Waals surface area contributed by atoms with Crippen molar-refractivity contribution >= 4 is 17.5 Å². The molecule has 0 aromatic heterocycles. The van der Waals surface area contributed by atoms with Gasteiger partial charge in [0, 0.05) is 24.6 Å². The average molecular weight is 323 g/mol. The van der Waals surface area contributed by atoms with Gasteiger partial charge >= 0.3 is 0 Å². The normalized spacial score (nSPS) is 24.0. The number of methoxy groups -OCH3 is 1. The predicted octanol–water partition coefficient (Wildman–Crippen LogP) is 2.53. The van der Waals surface area contributed by atoms with E-state index >= 15 is 0 Å².